The van der Waals surface area contributed by atoms with E-state index in [2.05, 4.69) is 10.2 Å². The maximum absolute atomic E-state index is 11.8. The molecule has 1 aliphatic rings. The van der Waals surface area contributed by atoms with Crippen LogP contribution in [0.2, 0.25) is 0 Å². The van der Waals surface area contributed by atoms with E-state index >= 15 is 0 Å². The SMILES string of the molecule is O=C(CN1CCCCCC1)NCCOc1ccccc1. The number of carbonyl (C=O) groups excluding carboxylic acids is 1. The number of amides is 1. The van der Waals surface area contributed by atoms with Crippen LogP contribution in [0.4, 0.5) is 0 Å². The molecule has 2 rings (SSSR count). The van der Waals surface area contributed by atoms with E-state index < -0.39 is 0 Å². The standard InChI is InChI=1S/C16H24N2O2/c19-16(14-18-11-6-1-2-7-12-18)17-10-13-20-15-8-4-3-5-9-15/h3-5,8-9H,1-2,6-7,10-14H2,(H,17,19). The Hall–Kier alpha value is -1.55. The smallest absolute Gasteiger partial charge is 0.234 e. The minimum Gasteiger partial charge on any atom is -0.492 e. The van der Waals surface area contributed by atoms with Crippen molar-refractivity contribution in [3.63, 3.8) is 0 Å². The van der Waals surface area contributed by atoms with E-state index in [1.165, 1.54) is 25.7 Å². The molecule has 0 saturated carbocycles. The lowest BCUT2D eigenvalue weighted by molar-refractivity contribution is -0.122. The van der Waals surface area contributed by atoms with Gasteiger partial charge in [-0.3, -0.25) is 9.69 Å². The molecular formula is C16H24N2O2. The van der Waals surface area contributed by atoms with Gasteiger partial charge in [-0.15, -0.1) is 0 Å². The summed E-state index contributed by atoms with van der Waals surface area (Å²) in [5.74, 6) is 0.942. The molecule has 0 spiro atoms. The normalized spacial score (nSPS) is 16.4. The van der Waals surface area contributed by atoms with Crippen molar-refractivity contribution in [2.75, 3.05) is 32.8 Å². The van der Waals surface area contributed by atoms with Crippen LogP contribution in [0.25, 0.3) is 0 Å². The third-order valence-electron chi connectivity index (χ3n) is 3.50. The molecule has 0 bridgehead atoms. The molecule has 1 N–H and O–H groups in total. The largest absolute Gasteiger partial charge is 0.492 e. The van der Waals surface area contributed by atoms with Crippen LogP contribution < -0.4 is 10.1 Å². The van der Waals surface area contributed by atoms with Gasteiger partial charge in [0.2, 0.25) is 5.91 Å². The van der Waals surface area contributed by atoms with Crippen LogP contribution in [-0.2, 0) is 4.79 Å². The molecule has 1 heterocycles. The van der Waals surface area contributed by atoms with E-state index in [0.717, 1.165) is 18.8 Å². The number of ether oxygens (including phenoxy) is 1. The minimum absolute atomic E-state index is 0.101. The molecule has 1 aromatic carbocycles. The van der Waals surface area contributed by atoms with Gasteiger partial charge in [-0.25, -0.2) is 0 Å². The molecule has 1 aliphatic heterocycles. The molecule has 0 unspecified atom stereocenters. The molecule has 110 valence electrons. The average molecular weight is 276 g/mol. The lowest BCUT2D eigenvalue weighted by atomic mass is 10.2. The minimum atomic E-state index is 0.101. The summed E-state index contributed by atoms with van der Waals surface area (Å²) in [7, 11) is 0. The second-order valence-corrected chi connectivity index (χ2v) is 5.20. The Morgan fingerprint density at radius 2 is 1.80 bits per heavy atom. The highest BCUT2D eigenvalue weighted by Crippen LogP contribution is 2.09. The van der Waals surface area contributed by atoms with Crippen molar-refractivity contribution >= 4 is 5.91 Å². The summed E-state index contributed by atoms with van der Waals surface area (Å²) >= 11 is 0. The Balaban J connectivity index is 1.58. The number of nitrogens with zero attached hydrogens (tertiary/aromatic N) is 1. The van der Waals surface area contributed by atoms with Crippen molar-refractivity contribution in [1.82, 2.24) is 10.2 Å². The predicted molar refractivity (Wildman–Crippen MR) is 79.9 cm³/mol. The van der Waals surface area contributed by atoms with Gasteiger partial charge >= 0.3 is 0 Å². The fourth-order valence-corrected chi connectivity index (χ4v) is 2.43. The summed E-state index contributed by atoms with van der Waals surface area (Å²) in [6.07, 6.45) is 5.01. The summed E-state index contributed by atoms with van der Waals surface area (Å²) in [5, 5.41) is 2.92. The van der Waals surface area contributed by atoms with Crippen LogP contribution in [0.5, 0.6) is 5.75 Å². The summed E-state index contributed by atoms with van der Waals surface area (Å²) in [5.41, 5.74) is 0. The number of benzene rings is 1. The zero-order valence-electron chi connectivity index (χ0n) is 12.0. The second-order valence-electron chi connectivity index (χ2n) is 5.20. The summed E-state index contributed by atoms with van der Waals surface area (Å²) in [4.78, 5) is 14.1. The summed E-state index contributed by atoms with van der Waals surface area (Å²) < 4.78 is 5.54. The Labute approximate surface area is 121 Å². The summed E-state index contributed by atoms with van der Waals surface area (Å²) in [6.45, 7) is 3.69. The van der Waals surface area contributed by atoms with E-state index in [4.69, 9.17) is 4.74 Å². The molecule has 0 aromatic heterocycles. The fraction of sp³-hybridized carbons (Fsp3) is 0.562. The first kappa shape index (κ1) is 14.9. The highest BCUT2D eigenvalue weighted by Gasteiger charge is 2.12. The Morgan fingerprint density at radius 1 is 1.10 bits per heavy atom. The van der Waals surface area contributed by atoms with Gasteiger partial charge in [0, 0.05) is 0 Å². The molecule has 0 radical (unpaired) electrons. The van der Waals surface area contributed by atoms with Crippen molar-refractivity contribution in [2.24, 2.45) is 0 Å². The molecule has 4 nitrogen and oxygen atoms in total. The van der Waals surface area contributed by atoms with Gasteiger partial charge in [0.25, 0.3) is 0 Å². The quantitative estimate of drug-likeness (QED) is 0.809. The third kappa shape index (κ3) is 5.61. The molecule has 1 amide bonds. The van der Waals surface area contributed by atoms with Crippen LogP contribution in [0.3, 0.4) is 0 Å². The van der Waals surface area contributed by atoms with Crippen molar-refractivity contribution in [3.8, 4) is 5.75 Å². The Morgan fingerprint density at radius 3 is 2.50 bits per heavy atom. The zero-order chi connectivity index (χ0) is 14.0. The molecule has 1 saturated heterocycles. The van der Waals surface area contributed by atoms with Crippen LogP contribution >= 0.6 is 0 Å². The molecule has 20 heavy (non-hydrogen) atoms. The molecule has 0 aliphatic carbocycles. The van der Waals surface area contributed by atoms with E-state index in [0.29, 0.717) is 19.7 Å². The number of rotatable bonds is 6. The zero-order valence-corrected chi connectivity index (χ0v) is 12.0. The molecular weight excluding hydrogens is 252 g/mol. The molecule has 0 atom stereocenters. The van der Waals surface area contributed by atoms with Crippen molar-refractivity contribution in [1.29, 1.82) is 0 Å². The van der Waals surface area contributed by atoms with Gasteiger partial charge in [-0.2, -0.15) is 0 Å². The highest BCUT2D eigenvalue weighted by atomic mass is 16.5. The first-order valence-corrected chi connectivity index (χ1v) is 7.51. The van der Waals surface area contributed by atoms with Crippen LogP contribution in [0.15, 0.2) is 30.3 Å². The van der Waals surface area contributed by atoms with Gasteiger partial charge < -0.3 is 10.1 Å². The van der Waals surface area contributed by atoms with E-state index in [1.807, 2.05) is 30.3 Å². The van der Waals surface area contributed by atoms with Gasteiger partial charge in [0.1, 0.15) is 12.4 Å². The average Bonchev–Trinajstić information content (AvgIpc) is 2.73. The van der Waals surface area contributed by atoms with Gasteiger partial charge in [-0.05, 0) is 38.1 Å². The first-order chi connectivity index (χ1) is 9.84. The van der Waals surface area contributed by atoms with Crippen LogP contribution in [-0.4, -0.2) is 43.6 Å². The number of likely N-dealkylation sites (tertiary alicyclic amines) is 1. The maximum Gasteiger partial charge on any atom is 0.234 e. The highest BCUT2D eigenvalue weighted by molar-refractivity contribution is 5.77. The number of hydrogen-bond acceptors (Lipinski definition) is 3. The maximum atomic E-state index is 11.8. The number of carbonyl (C=O) groups is 1. The third-order valence-corrected chi connectivity index (χ3v) is 3.50. The number of para-hydroxylation sites is 1. The topological polar surface area (TPSA) is 41.6 Å². The number of nitrogens with one attached hydrogen (secondary N) is 1. The number of hydrogen-bond donors (Lipinski definition) is 1. The van der Waals surface area contributed by atoms with Crippen molar-refractivity contribution < 1.29 is 9.53 Å². The predicted octanol–water partition coefficient (Wildman–Crippen LogP) is 2.06. The van der Waals surface area contributed by atoms with E-state index in [9.17, 15) is 4.79 Å². The van der Waals surface area contributed by atoms with Gasteiger partial charge in [0.15, 0.2) is 0 Å². The second kappa shape index (κ2) is 8.59. The Bertz CT molecular complexity index is 387. The fourth-order valence-electron chi connectivity index (χ4n) is 2.43. The lowest BCUT2D eigenvalue weighted by Gasteiger charge is -2.18. The van der Waals surface area contributed by atoms with E-state index in [-0.39, 0.29) is 5.91 Å². The van der Waals surface area contributed by atoms with Crippen molar-refractivity contribution in [3.05, 3.63) is 30.3 Å². The summed E-state index contributed by atoms with van der Waals surface area (Å²) in [6, 6.07) is 9.66. The van der Waals surface area contributed by atoms with Crippen LogP contribution in [0, 0.1) is 0 Å². The van der Waals surface area contributed by atoms with Crippen LogP contribution in [0.1, 0.15) is 25.7 Å². The van der Waals surface area contributed by atoms with E-state index in [1.54, 1.807) is 0 Å². The van der Waals surface area contributed by atoms with Crippen molar-refractivity contribution in [2.45, 2.75) is 25.7 Å². The molecule has 4 heteroatoms. The first-order valence-electron chi connectivity index (χ1n) is 7.51. The Kier molecular flexibility index (Phi) is 6.38. The lowest BCUT2D eigenvalue weighted by Crippen LogP contribution is -2.39. The van der Waals surface area contributed by atoms with Gasteiger partial charge in [-0.1, -0.05) is 31.0 Å². The molecule has 1 fully saturated rings. The monoisotopic (exact) mass is 276 g/mol. The van der Waals surface area contributed by atoms with Gasteiger partial charge in [0.05, 0.1) is 13.1 Å². The molecule has 1 aromatic rings.